The van der Waals surface area contributed by atoms with E-state index >= 15 is 0 Å². The second-order valence-electron chi connectivity index (χ2n) is 5.52. The van der Waals surface area contributed by atoms with E-state index in [0.29, 0.717) is 21.9 Å². The van der Waals surface area contributed by atoms with Crippen LogP contribution >= 0.6 is 23.2 Å². The van der Waals surface area contributed by atoms with Gasteiger partial charge in [-0.3, -0.25) is 4.57 Å². The zero-order chi connectivity index (χ0) is 17.4. The first-order chi connectivity index (χ1) is 12.1. The standard InChI is InChI=1S/C18H13Cl2N5/c1-11-5-4-6-12(19)17(11)24-18-23-13-7-2-3-8-14(13)25(18)16-9-15(20)21-10-22-16/h2-10H,1H3,(H,23,24). The zero-order valence-corrected chi connectivity index (χ0v) is 14.8. The molecule has 0 bridgehead atoms. The highest BCUT2D eigenvalue weighted by atomic mass is 35.5. The molecule has 0 amide bonds. The lowest BCUT2D eigenvalue weighted by Crippen LogP contribution is -2.05. The molecule has 0 radical (unpaired) electrons. The number of aromatic nitrogens is 4. The molecule has 124 valence electrons. The van der Waals surface area contributed by atoms with Crippen molar-refractivity contribution in [1.29, 1.82) is 0 Å². The Balaban J connectivity index is 1.93. The van der Waals surface area contributed by atoms with Crippen LogP contribution < -0.4 is 5.32 Å². The van der Waals surface area contributed by atoms with E-state index < -0.39 is 0 Å². The topological polar surface area (TPSA) is 55.6 Å². The van der Waals surface area contributed by atoms with Crippen molar-refractivity contribution in [2.75, 3.05) is 5.32 Å². The summed E-state index contributed by atoms with van der Waals surface area (Å²) in [6, 6.07) is 15.2. The van der Waals surface area contributed by atoms with Gasteiger partial charge in [0.1, 0.15) is 17.3 Å². The van der Waals surface area contributed by atoms with Gasteiger partial charge in [-0.1, -0.05) is 47.5 Å². The van der Waals surface area contributed by atoms with Crippen molar-refractivity contribution < 1.29 is 0 Å². The van der Waals surface area contributed by atoms with Crippen LogP contribution in [0.2, 0.25) is 10.2 Å². The molecule has 0 unspecified atom stereocenters. The summed E-state index contributed by atoms with van der Waals surface area (Å²) in [6.45, 7) is 1.99. The van der Waals surface area contributed by atoms with E-state index in [1.807, 2.05) is 54.0 Å². The van der Waals surface area contributed by atoms with Crippen LogP contribution in [0.4, 0.5) is 11.6 Å². The third kappa shape index (κ3) is 2.92. The molecule has 0 aliphatic rings. The fraction of sp³-hybridized carbons (Fsp3) is 0.0556. The number of aryl methyl sites for hydroxylation is 1. The highest BCUT2D eigenvalue weighted by Gasteiger charge is 2.15. The summed E-state index contributed by atoms with van der Waals surface area (Å²) < 4.78 is 1.89. The average molecular weight is 370 g/mol. The van der Waals surface area contributed by atoms with Crippen LogP contribution in [0.3, 0.4) is 0 Å². The van der Waals surface area contributed by atoms with Crippen LogP contribution in [0.1, 0.15) is 5.56 Å². The summed E-state index contributed by atoms with van der Waals surface area (Å²) in [5.41, 5.74) is 3.57. The summed E-state index contributed by atoms with van der Waals surface area (Å²) >= 11 is 12.4. The number of anilines is 2. The Bertz CT molecular complexity index is 1050. The third-order valence-electron chi connectivity index (χ3n) is 3.87. The van der Waals surface area contributed by atoms with Gasteiger partial charge < -0.3 is 5.32 Å². The van der Waals surface area contributed by atoms with Gasteiger partial charge >= 0.3 is 0 Å². The van der Waals surface area contributed by atoms with E-state index in [4.69, 9.17) is 23.2 Å². The molecular weight excluding hydrogens is 357 g/mol. The van der Waals surface area contributed by atoms with E-state index in [-0.39, 0.29) is 0 Å². The van der Waals surface area contributed by atoms with Gasteiger partial charge in [0, 0.05) is 6.07 Å². The number of nitrogens with zero attached hydrogens (tertiary/aromatic N) is 4. The fourth-order valence-corrected chi connectivity index (χ4v) is 3.10. The van der Waals surface area contributed by atoms with Gasteiger partial charge in [-0.2, -0.15) is 0 Å². The van der Waals surface area contributed by atoms with Crippen LogP contribution in [0, 0.1) is 6.92 Å². The molecule has 0 aliphatic carbocycles. The van der Waals surface area contributed by atoms with Crippen molar-refractivity contribution in [3.05, 3.63) is 70.6 Å². The van der Waals surface area contributed by atoms with Crippen molar-refractivity contribution in [2.24, 2.45) is 0 Å². The SMILES string of the molecule is Cc1cccc(Cl)c1Nc1nc2ccccc2n1-c1cc(Cl)ncn1. The summed E-state index contributed by atoms with van der Waals surface area (Å²) in [7, 11) is 0. The number of benzene rings is 2. The van der Waals surface area contributed by atoms with Gasteiger partial charge in [0.15, 0.2) is 0 Å². The Hall–Kier alpha value is -2.63. The van der Waals surface area contributed by atoms with Crippen LogP contribution in [-0.2, 0) is 0 Å². The molecule has 2 aromatic carbocycles. The molecular formula is C18H13Cl2N5. The highest BCUT2D eigenvalue weighted by molar-refractivity contribution is 6.33. The predicted octanol–water partition coefficient (Wildman–Crippen LogP) is 5.17. The van der Waals surface area contributed by atoms with Gasteiger partial charge in [0.05, 0.1) is 21.7 Å². The summed E-state index contributed by atoms with van der Waals surface area (Å²) in [4.78, 5) is 13.0. The number of halogens is 2. The number of hydrogen-bond acceptors (Lipinski definition) is 4. The fourth-order valence-electron chi connectivity index (χ4n) is 2.69. The van der Waals surface area contributed by atoms with E-state index in [0.717, 1.165) is 22.3 Å². The van der Waals surface area contributed by atoms with Gasteiger partial charge in [0.2, 0.25) is 5.95 Å². The Kier molecular flexibility index (Phi) is 4.03. The first kappa shape index (κ1) is 15.9. The monoisotopic (exact) mass is 369 g/mol. The lowest BCUT2D eigenvalue weighted by molar-refractivity contribution is 1.00. The minimum Gasteiger partial charge on any atom is -0.324 e. The average Bonchev–Trinajstić information content (AvgIpc) is 2.96. The number of para-hydroxylation sites is 3. The van der Waals surface area contributed by atoms with Crippen molar-refractivity contribution in [2.45, 2.75) is 6.92 Å². The van der Waals surface area contributed by atoms with Crippen molar-refractivity contribution in [3.8, 4) is 5.82 Å². The highest BCUT2D eigenvalue weighted by Crippen LogP contribution is 2.31. The minimum atomic E-state index is 0.364. The molecule has 0 aliphatic heterocycles. The lowest BCUT2D eigenvalue weighted by atomic mass is 10.2. The Morgan fingerprint density at radius 3 is 2.64 bits per heavy atom. The van der Waals surface area contributed by atoms with Gasteiger partial charge in [-0.15, -0.1) is 0 Å². The van der Waals surface area contributed by atoms with Crippen LogP contribution in [-0.4, -0.2) is 19.5 Å². The van der Waals surface area contributed by atoms with Crippen molar-refractivity contribution in [1.82, 2.24) is 19.5 Å². The Morgan fingerprint density at radius 2 is 1.84 bits per heavy atom. The quantitative estimate of drug-likeness (QED) is 0.505. The maximum atomic E-state index is 6.36. The molecule has 2 aromatic heterocycles. The predicted molar refractivity (Wildman–Crippen MR) is 101 cm³/mol. The molecule has 4 aromatic rings. The molecule has 2 heterocycles. The smallest absolute Gasteiger partial charge is 0.214 e. The van der Waals surface area contributed by atoms with Gasteiger partial charge in [-0.05, 0) is 30.7 Å². The molecule has 25 heavy (non-hydrogen) atoms. The van der Waals surface area contributed by atoms with Gasteiger partial charge in [-0.25, -0.2) is 15.0 Å². The van der Waals surface area contributed by atoms with Crippen LogP contribution in [0.15, 0.2) is 54.9 Å². The van der Waals surface area contributed by atoms with E-state index in [9.17, 15) is 0 Å². The first-order valence-electron chi connectivity index (χ1n) is 7.61. The van der Waals surface area contributed by atoms with Crippen molar-refractivity contribution >= 4 is 45.9 Å². The molecule has 1 N–H and O–H groups in total. The molecule has 5 nitrogen and oxygen atoms in total. The normalized spacial score (nSPS) is 11.0. The Labute approximate surface area is 154 Å². The summed E-state index contributed by atoms with van der Waals surface area (Å²) in [5.74, 6) is 1.23. The van der Waals surface area contributed by atoms with E-state index in [2.05, 4.69) is 20.3 Å². The third-order valence-corrected chi connectivity index (χ3v) is 4.39. The number of rotatable bonds is 3. The lowest BCUT2D eigenvalue weighted by Gasteiger charge is -2.13. The maximum Gasteiger partial charge on any atom is 0.214 e. The Morgan fingerprint density at radius 1 is 1.00 bits per heavy atom. The first-order valence-corrected chi connectivity index (χ1v) is 8.36. The number of fused-ring (bicyclic) bond motifs is 1. The van der Waals surface area contributed by atoms with E-state index in [1.165, 1.54) is 6.33 Å². The number of hydrogen-bond donors (Lipinski definition) is 1. The second kappa shape index (κ2) is 6.35. The molecule has 7 heteroatoms. The molecule has 0 atom stereocenters. The number of nitrogens with one attached hydrogen (secondary N) is 1. The largest absolute Gasteiger partial charge is 0.324 e. The second-order valence-corrected chi connectivity index (χ2v) is 6.31. The minimum absolute atomic E-state index is 0.364. The molecule has 0 saturated carbocycles. The van der Waals surface area contributed by atoms with Gasteiger partial charge in [0.25, 0.3) is 0 Å². The molecule has 4 rings (SSSR count). The summed E-state index contributed by atoms with van der Waals surface area (Å²) in [6.07, 6.45) is 1.43. The maximum absolute atomic E-state index is 6.36. The van der Waals surface area contributed by atoms with Crippen LogP contribution in [0.5, 0.6) is 0 Å². The van der Waals surface area contributed by atoms with Crippen molar-refractivity contribution in [3.63, 3.8) is 0 Å². The van der Waals surface area contributed by atoms with E-state index in [1.54, 1.807) is 6.07 Å². The summed E-state index contributed by atoms with van der Waals surface area (Å²) in [5, 5.41) is 4.32. The van der Waals surface area contributed by atoms with Crippen LogP contribution in [0.25, 0.3) is 16.9 Å². The zero-order valence-electron chi connectivity index (χ0n) is 13.2. The number of imidazole rings is 1. The molecule has 0 spiro atoms. The molecule has 0 fully saturated rings. The molecule has 0 saturated heterocycles.